The standard InChI is InChI=1S/C38H43F3O3S/c1-34(2,3)26-10-16-29(17-11-26)37(30-18-12-27(13-19-30)35(4,5)6,31-20-14-28(15-21-31)36(7,8)9)32-22-24-33(25-23-32)44-45(42,43)38(39,40)41/h10-25H,1-9H3. The number of hydrogen-bond acceptors (Lipinski definition) is 3. The normalized spacial score (nSPS) is 13.5. The Kier molecular flexibility index (Phi) is 8.88. The molecule has 0 aliphatic rings. The predicted molar refractivity (Wildman–Crippen MR) is 176 cm³/mol. The van der Waals surface area contributed by atoms with E-state index >= 15 is 0 Å². The lowest BCUT2D eigenvalue weighted by Crippen LogP contribution is -2.32. The van der Waals surface area contributed by atoms with Gasteiger partial charge in [-0.2, -0.15) is 21.6 Å². The zero-order valence-corrected chi connectivity index (χ0v) is 28.3. The highest BCUT2D eigenvalue weighted by Gasteiger charge is 2.48. The summed E-state index contributed by atoms with van der Waals surface area (Å²) in [4.78, 5) is 0. The van der Waals surface area contributed by atoms with Gasteiger partial charge in [-0.05, 0) is 67.3 Å². The van der Waals surface area contributed by atoms with Gasteiger partial charge in [0.05, 0.1) is 5.41 Å². The molecule has 0 aromatic heterocycles. The molecule has 7 heteroatoms. The predicted octanol–water partition coefficient (Wildman–Crippen LogP) is 10.2. The lowest BCUT2D eigenvalue weighted by atomic mass is 9.64. The maximum atomic E-state index is 13.1. The summed E-state index contributed by atoms with van der Waals surface area (Å²) in [5.74, 6) is -0.417. The van der Waals surface area contributed by atoms with Crippen LogP contribution < -0.4 is 4.18 Å². The highest BCUT2D eigenvalue weighted by atomic mass is 32.2. The maximum Gasteiger partial charge on any atom is 0.534 e. The van der Waals surface area contributed by atoms with Crippen LogP contribution in [0.1, 0.15) is 101 Å². The average molecular weight is 637 g/mol. The van der Waals surface area contributed by atoms with Gasteiger partial charge in [-0.1, -0.05) is 147 Å². The quantitative estimate of drug-likeness (QED) is 0.120. The lowest BCUT2D eigenvalue weighted by Gasteiger charge is -2.38. The topological polar surface area (TPSA) is 43.4 Å². The smallest absolute Gasteiger partial charge is 0.376 e. The zero-order chi connectivity index (χ0) is 33.6. The third-order valence-corrected chi connectivity index (χ3v) is 9.31. The largest absolute Gasteiger partial charge is 0.534 e. The molecule has 3 nitrogen and oxygen atoms in total. The Morgan fingerprint density at radius 3 is 0.867 bits per heavy atom. The number of benzene rings is 4. The number of rotatable bonds is 6. The summed E-state index contributed by atoms with van der Waals surface area (Å²) in [6.45, 7) is 19.4. The Morgan fingerprint density at radius 2 is 0.644 bits per heavy atom. The highest BCUT2D eigenvalue weighted by Crippen LogP contribution is 2.47. The van der Waals surface area contributed by atoms with Gasteiger partial charge in [0.25, 0.3) is 0 Å². The van der Waals surface area contributed by atoms with Crippen molar-refractivity contribution in [2.24, 2.45) is 0 Å². The Labute approximate surface area is 266 Å². The molecule has 0 saturated heterocycles. The van der Waals surface area contributed by atoms with E-state index < -0.39 is 26.8 Å². The molecule has 0 fully saturated rings. The van der Waals surface area contributed by atoms with E-state index in [0.717, 1.165) is 38.9 Å². The van der Waals surface area contributed by atoms with Crippen molar-refractivity contribution in [3.63, 3.8) is 0 Å². The van der Waals surface area contributed by atoms with Gasteiger partial charge in [0, 0.05) is 0 Å². The van der Waals surface area contributed by atoms with Crippen molar-refractivity contribution in [2.45, 2.75) is 89.5 Å². The van der Waals surface area contributed by atoms with E-state index in [1.54, 1.807) is 12.1 Å². The molecule has 0 bridgehead atoms. The molecule has 0 heterocycles. The minimum Gasteiger partial charge on any atom is -0.376 e. The van der Waals surface area contributed by atoms with Crippen LogP contribution >= 0.6 is 0 Å². The summed E-state index contributed by atoms with van der Waals surface area (Å²) in [6.07, 6.45) is 0. The Hall–Kier alpha value is -3.58. The second-order valence-corrected chi connectivity index (χ2v) is 16.3. The molecule has 0 atom stereocenters. The fourth-order valence-electron chi connectivity index (χ4n) is 5.60. The van der Waals surface area contributed by atoms with Crippen LogP contribution in [0.5, 0.6) is 5.75 Å². The SMILES string of the molecule is CC(C)(C)c1ccc(C(c2ccc(OS(=O)(=O)C(F)(F)F)cc2)(c2ccc(C(C)(C)C)cc2)c2ccc(C(C)(C)C)cc2)cc1. The monoisotopic (exact) mass is 636 g/mol. The van der Waals surface area contributed by atoms with Crippen molar-refractivity contribution in [2.75, 3.05) is 0 Å². The van der Waals surface area contributed by atoms with E-state index in [0.29, 0.717) is 0 Å². The van der Waals surface area contributed by atoms with Crippen molar-refractivity contribution in [3.8, 4) is 5.75 Å². The molecule has 0 aliphatic carbocycles. The van der Waals surface area contributed by atoms with Crippen LogP contribution in [0.4, 0.5) is 13.2 Å². The van der Waals surface area contributed by atoms with Gasteiger partial charge in [0.15, 0.2) is 0 Å². The van der Waals surface area contributed by atoms with Gasteiger partial charge in [0.1, 0.15) is 5.75 Å². The molecular formula is C38H43F3O3S. The fraction of sp³-hybridized carbons (Fsp3) is 0.368. The lowest BCUT2D eigenvalue weighted by molar-refractivity contribution is -0.0500. The number of hydrogen-bond donors (Lipinski definition) is 0. The van der Waals surface area contributed by atoms with Crippen molar-refractivity contribution >= 4 is 10.1 Å². The van der Waals surface area contributed by atoms with Crippen LogP contribution in [0, 0.1) is 0 Å². The molecule has 4 aromatic rings. The molecule has 4 rings (SSSR count). The third-order valence-electron chi connectivity index (χ3n) is 8.33. The van der Waals surface area contributed by atoms with Gasteiger partial charge in [0.2, 0.25) is 0 Å². The Bertz CT molecular complexity index is 1580. The van der Waals surface area contributed by atoms with E-state index in [9.17, 15) is 21.6 Å². The first-order chi connectivity index (χ1) is 20.6. The molecule has 0 saturated carbocycles. The van der Waals surface area contributed by atoms with Crippen LogP contribution in [0.2, 0.25) is 0 Å². The summed E-state index contributed by atoms with van der Waals surface area (Å²) in [7, 11) is -5.81. The van der Waals surface area contributed by atoms with Gasteiger partial charge in [-0.25, -0.2) is 0 Å². The first-order valence-electron chi connectivity index (χ1n) is 15.0. The Morgan fingerprint density at radius 1 is 0.422 bits per heavy atom. The molecule has 240 valence electrons. The number of halogens is 3. The van der Waals surface area contributed by atoms with Crippen LogP contribution in [0.3, 0.4) is 0 Å². The molecule has 0 aliphatic heterocycles. The molecule has 0 amide bonds. The molecule has 0 N–H and O–H groups in total. The fourth-order valence-corrected chi connectivity index (χ4v) is 6.05. The number of alkyl halides is 3. The van der Waals surface area contributed by atoms with Gasteiger partial charge in [-0.3, -0.25) is 0 Å². The van der Waals surface area contributed by atoms with Gasteiger partial charge < -0.3 is 4.18 Å². The van der Waals surface area contributed by atoms with E-state index in [2.05, 4.69) is 139 Å². The van der Waals surface area contributed by atoms with Crippen LogP contribution in [-0.2, 0) is 31.8 Å². The summed E-state index contributed by atoms with van der Waals surface area (Å²) in [6, 6.07) is 31.2. The maximum absolute atomic E-state index is 13.1. The third kappa shape index (κ3) is 6.99. The molecule has 0 radical (unpaired) electrons. The molecule has 0 spiro atoms. The van der Waals surface area contributed by atoms with E-state index in [-0.39, 0.29) is 16.2 Å². The molecular weight excluding hydrogens is 593 g/mol. The van der Waals surface area contributed by atoms with Crippen molar-refractivity contribution in [3.05, 3.63) is 136 Å². The van der Waals surface area contributed by atoms with Crippen molar-refractivity contribution in [1.29, 1.82) is 0 Å². The first-order valence-corrected chi connectivity index (χ1v) is 16.4. The first kappa shape index (κ1) is 34.3. The van der Waals surface area contributed by atoms with Gasteiger partial charge >= 0.3 is 15.6 Å². The highest BCUT2D eigenvalue weighted by molar-refractivity contribution is 7.88. The van der Waals surface area contributed by atoms with Crippen molar-refractivity contribution in [1.82, 2.24) is 0 Å². The molecule has 4 aromatic carbocycles. The average Bonchev–Trinajstić information content (AvgIpc) is 2.93. The van der Waals surface area contributed by atoms with E-state index in [4.69, 9.17) is 0 Å². The van der Waals surface area contributed by atoms with Crippen LogP contribution in [-0.4, -0.2) is 13.9 Å². The van der Waals surface area contributed by atoms with E-state index in [1.165, 1.54) is 12.1 Å². The summed E-state index contributed by atoms with van der Waals surface area (Å²) in [5.41, 5.74) is 0.435. The van der Waals surface area contributed by atoms with Crippen molar-refractivity contribution < 1.29 is 25.8 Å². The molecule has 0 unspecified atom stereocenters. The second-order valence-electron chi connectivity index (χ2n) is 14.7. The van der Waals surface area contributed by atoms with Gasteiger partial charge in [-0.15, -0.1) is 0 Å². The molecule has 45 heavy (non-hydrogen) atoms. The van der Waals surface area contributed by atoms with E-state index in [1.807, 2.05) is 0 Å². The van der Waals surface area contributed by atoms with Crippen LogP contribution in [0.15, 0.2) is 97.1 Å². The minimum absolute atomic E-state index is 0.0765. The summed E-state index contributed by atoms with van der Waals surface area (Å²) >= 11 is 0. The minimum atomic E-state index is -5.81. The zero-order valence-electron chi connectivity index (χ0n) is 27.5. The van der Waals surface area contributed by atoms with Crippen LogP contribution in [0.25, 0.3) is 0 Å². The summed E-state index contributed by atoms with van der Waals surface area (Å²) < 4.78 is 67.2. The Balaban J connectivity index is 2.04. The summed E-state index contributed by atoms with van der Waals surface area (Å²) in [5, 5.41) is 0. The second kappa shape index (κ2) is 11.7.